The summed E-state index contributed by atoms with van der Waals surface area (Å²) in [5.41, 5.74) is 26.6. The number of unbranched alkanes of at least 4 members (excludes halogenated alkanes) is 1. The number of oxime groups is 1. The first-order valence-corrected chi connectivity index (χ1v) is 39.2. The average molecular weight is 1850 g/mol. The van der Waals surface area contributed by atoms with Gasteiger partial charge >= 0.3 is 11.9 Å². The zero-order valence-corrected chi connectivity index (χ0v) is 69.5. The lowest BCUT2D eigenvalue weighted by Crippen LogP contribution is -2.44. The molecule has 0 bridgehead atoms. The Kier molecular flexibility index (Phi) is 32.3. The highest BCUT2D eigenvalue weighted by Gasteiger charge is 2.36. The number of ketones is 1. The molecule has 2 aliphatic carbocycles. The lowest BCUT2D eigenvalue weighted by molar-refractivity contribution is -0.141. The van der Waals surface area contributed by atoms with Gasteiger partial charge in [-0.25, -0.2) is 19.6 Å². The van der Waals surface area contributed by atoms with Crippen molar-refractivity contribution < 1.29 is 76.2 Å². The second-order valence-corrected chi connectivity index (χ2v) is 28.7. The molecule has 11 aromatic rings. The van der Waals surface area contributed by atoms with Gasteiger partial charge < -0.3 is 70.2 Å². The number of aliphatic hydroxyl groups excluding tert-OH is 1. The van der Waals surface area contributed by atoms with Crippen molar-refractivity contribution in [3.63, 3.8) is 0 Å². The number of nitriles is 1. The van der Waals surface area contributed by atoms with Crippen LogP contribution in [0.2, 0.25) is 10.0 Å². The van der Waals surface area contributed by atoms with E-state index in [0.717, 1.165) is 82.4 Å². The van der Waals surface area contributed by atoms with Crippen molar-refractivity contribution in [3.8, 4) is 23.1 Å². The zero-order valence-electron chi connectivity index (χ0n) is 63.6. The number of nitrogen functional groups attached to an aromatic ring is 3. The second-order valence-electron chi connectivity index (χ2n) is 25.4. The van der Waals surface area contributed by atoms with Gasteiger partial charge in [0.05, 0.1) is 76.5 Å². The summed E-state index contributed by atoms with van der Waals surface area (Å²) in [6.45, 7) is 8.76. The molecule has 0 saturated carbocycles. The molecule has 6 aromatic heterocycles. The number of aliphatic imine (C=N–C) groups is 1. The molecule has 3 amide bonds. The molecule has 1 atom stereocenters. The number of hydrogen-bond donors (Lipinski definition) is 8. The minimum atomic E-state index is -0.720. The molecule has 1 aliphatic heterocycles. The van der Waals surface area contributed by atoms with E-state index in [1.54, 1.807) is 118 Å². The maximum Gasteiger partial charge on any atom is 0.360 e. The van der Waals surface area contributed by atoms with Crippen LogP contribution in [0.3, 0.4) is 0 Å². The van der Waals surface area contributed by atoms with Crippen LogP contribution in [0.5, 0.6) is 5.75 Å². The van der Waals surface area contributed by atoms with Gasteiger partial charge in [-0.2, -0.15) is 5.26 Å². The minimum Gasteiger partial charge on any atom is -0.506 e. The Hall–Kier alpha value is -12.5. The molecule has 29 nitrogen and oxygen atoms in total. The fourth-order valence-corrected chi connectivity index (χ4v) is 14.1. The normalized spacial score (nSPS) is 14.3. The third kappa shape index (κ3) is 23.2. The summed E-state index contributed by atoms with van der Waals surface area (Å²) in [5, 5.41) is 49.3. The Morgan fingerprint density at radius 2 is 1.57 bits per heavy atom. The number of aliphatic hydroxyl groups is 1. The quantitative estimate of drug-likeness (QED) is 0.00578. The summed E-state index contributed by atoms with van der Waals surface area (Å²) in [6, 6.07) is 43.6. The first kappa shape index (κ1) is 88.5. The number of phenols is 1. The highest BCUT2D eigenvalue weighted by Crippen LogP contribution is 2.38. The van der Waals surface area contributed by atoms with Gasteiger partial charge in [-0.15, -0.1) is 0 Å². The Bertz CT molecular complexity index is 5600. The molecule has 0 saturated heterocycles. The van der Waals surface area contributed by atoms with Crippen molar-refractivity contribution in [2.75, 3.05) is 48.9 Å². The van der Waals surface area contributed by atoms with Gasteiger partial charge in [-0.05, 0) is 217 Å². The van der Waals surface area contributed by atoms with Crippen molar-refractivity contribution in [1.29, 1.82) is 5.26 Å². The molecular formula is C84H79Cl2I2N13O16. The number of aromatic hydroxyl groups is 1. The number of halogens is 4. The number of nitrogens with one attached hydrogen (secondary N) is 2. The van der Waals surface area contributed by atoms with Crippen molar-refractivity contribution >= 4 is 163 Å². The number of allylic oxidation sites excluding steroid dienone is 1. The number of esters is 2. The van der Waals surface area contributed by atoms with E-state index in [1.807, 2.05) is 54.6 Å². The standard InChI is InChI=1S/C20H14Cl2N2O4.C18H12I2N2O3.C17H20N2O2.C14H11NO2.C9H13N3O3.C6H9N3O2/c1-11-14(19(26)24(6-7-25)20(27)16(11)10-23)9-13-3-5-18(28-13)15-8-12(21)2-4-17(15)22;19-12-7-11(17(23)15(20)8-12)10-21-13-3-1-4-14(9-13)22-18(24)16-5-2-6-25-16;1-2-3-9-14-17-15(18-20)10-13(11-16(17)21-19-14)12-7-5-4-6-8-12;15-11-3-4-13-9(7-11)6-10(14(13)16)8-12-2-1-5-17-12;1-3-6(13)12-5-11-7(8(12)10)9(14)15-4-2;1-2-11-6(10)4-5(7)9-3-8-4/h2-5,8-9,25H,6-7H2,1H3;1-10,23H,(H,22,24);4-8,13,20H,2-3,9-11H2,1H3;1-5,7-8H,6,15H2;5H,3-4,10H2,1-2H3;3H,2,7H2,1H3,(H,8,9)/b14-9-;;18-15+;10-8+;;. The fraction of sp³-hybridized carbons (Fsp3) is 0.202. The number of anilines is 4. The topological polar surface area (TPSA) is 452 Å². The molecular weight excluding hydrogens is 1770 g/mol. The van der Waals surface area contributed by atoms with Crippen LogP contribution >= 0.6 is 68.4 Å². The number of aryl methyl sites for hydroxylation is 1. The van der Waals surface area contributed by atoms with Gasteiger partial charge in [0.15, 0.2) is 28.7 Å². The number of furan rings is 3. The number of carbonyl (C=O) groups is 7. The van der Waals surface area contributed by atoms with Crippen molar-refractivity contribution in [1.82, 2.24) is 29.6 Å². The monoisotopic (exact) mass is 1850 g/mol. The third-order valence-corrected chi connectivity index (χ3v) is 19.6. The molecule has 0 fully saturated rings. The Morgan fingerprint density at radius 3 is 2.25 bits per heavy atom. The van der Waals surface area contributed by atoms with E-state index >= 15 is 0 Å². The highest BCUT2D eigenvalue weighted by atomic mass is 127. The molecule has 11 N–H and O–H groups in total. The van der Waals surface area contributed by atoms with Crippen LogP contribution in [-0.4, -0.2) is 125 Å². The largest absolute Gasteiger partial charge is 0.506 e. The molecule has 117 heavy (non-hydrogen) atoms. The van der Waals surface area contributed by atoms with Crippen molar-refractivity contribution in [3.05, 3.63) is 272 Å². The van der Waals surface area contributed by atoms with Gasteiger partial charge in [0.25, 0.3) is 17.7 Å². The number of benzene rings is 5. The van der Waals surface area contributed by atoms with E-state index in [9.17, 15) is 49.1 Å². The van der Waals surface area contributed by atoms with Gasteiger partial charge in [0.2, 0.25) is 5.91 Å². The number of nitrogens with two attached hydrogens (primary N) is 3. The van der Waals surface area contributed by atoms with E-state index in [2.05, 4.69) is 105 Å². The summed E-state index contributed by atoms with van der Waals surface area (Å²) in [7, 11) is 0. The second kappa shape index (κ2) is 42.8. The number of nitrogens with zero attached hydrogens (tertiary/aromatic N) is 8. The van der Waals surface area contributed by atoms with E-state index in [1.165, 1.54) is 37.5 Å². The number of hydrogen-bond acceptors (Lipinski definition) is 25. The zero-order chi connectivity index (χ0) is 84.4. The lowest BCUT2D eigenvalue weighted by Gasteiger charge is -2.26. The van der Waals surface area contributed by atoms with Crippen LogP contribution in [0.15, 0.2) is 215 Å². The van der Waals surface area contributed by atoms with Gasteiger partial charge in [0, 0.05) is 79.7 Å². The smallest absolute Gasteiger partial charge is 0.360 e. The van der Waals surface area contributed by atoms with Crippen LogP contribution in [0, 0.1) is 18.5 Å². The Balaban J connectivity index is 0.000000164. The van der Waals surface area contributed by atoms with E-state index < -0.39 is 30.4 Å². The number of Topliss-reactive ketones (excluding diaryl/α,β-unsaturated/α-hetero) is 1. The molecule has 0 spiro atoms. The number of H-pyrrole nitrogens is 1. The number of carbonyl (C=O) groups excluding carboxylic acids is 7. The molecule has 14 rings (SSSR count). The summed E-state index contributed by atoms with van der Waals surface area (Å²) in [5.74, 6) is 0.402. The minimum absolute atomic E-state index is 0.0151. The molecule has 1 unspecified atom stereocenters. The number of fused-ring (bicyclic) bond motifs is 2. The number of β-amino-alcohol motifs (C(OH)–C–C–N with tert-alkyl or cyclic N) is 1. The van der Waals surface area contributed by atoms with Crippen LogP contribution in [0.25, 0.3) is 23.5 Å². The van der Waals surface area contributed by atoms with Crippen LogP contribution in [-0.2, 0) is 38.3 Å². The lowest BCUT2D eigenvalue weighted by atomic mass is 9.81. The summed E-state index contributed by atoms with van der Waals surface area (Å²) in [6.07, 6.45) is 16.0. The highest BCUT2D eigenvalue weighted by molar-refractivity contribution is 14.1. The van der Waals surface area contributed by atoms with Crippen LogP contribution in [0.1, 0.15) is 158 Å². The molecule has 604 valence electrons. The summed E-state index contributed by atoms with van der Waals surface area (Å²) in [4.78, 5) is 97.8. The number of imidazole rings is 2. The molecule has 7 heterocycles. The molecule has 0 radical (unpaired) electrons. The Labute approximate surface area is 708 Å². The van der Waals surface area contributed by atoms with Gasteiger partial charge in [-0.1, -0.05) is 90.2 Å². The van der Waals surface area contributed by atoms with Gasteiger partial charge in [-0.3, -0.25) is 38.4 Å². The average Bonchev–Trinajstić information content (AvgIpc) is 1.77. The Morgan fingerprint density at radius 1 is 0.821 bits per heavy atom. The number of amides is 3. The van der Waals surface area contributed by atoms with E-state index in [-0.39, 0.29) is 87.9 Å². The van der Waals surface area contributed by atoms with E-state index in [4.69, 9.17) is 68.0 Å². The van der Waals surface area contributed by atoms with Crippen LogP contribution in [0.4, 0.5) is 28.7 Å². The SMILES string of the molecule is CC1=C(C#N)C(=O)N(CCO)C(=O)/C1=C\c1ccc(-c2cc(Cl)ccc2Cl)o1.CCCCc1noc2c1/C(=N/O)CC(c1ccccc1)C2.CCOC(=O)c1[nH]cnc1N.CCOC(=O)c1ncn(C(=O)CC)c1N.Nc1ccc2c(c1)C/C(=C\c1ccco1)C2=O.O=C(Nc1cccc(N=Cc2cc(I)cc(I)c2O)c1)c1ccco1. The molecule has 3 aliphatic rings. The fourth-order valence-electron chi connectivity index (χ4n) is 11.8. The molecule has 5 aromatic carbocycles. The van der Waals surface area contributed by atoms with Gasteiger partial charge in [0.1, 0.15) is 52.6 Å². The third-order valence-electron chi connectivity index (χ3n) is 17.6. The number of rotatable bonds is 18. The number of aromatic nitrogens is 5. The number of imide groups is 1. The predicted octanol–water partition coefficient (Wildman–Crippen LogP) is 16.5. The molecule has 33 heteroatoms. The number of phenolic OH excluding ortho intramolecular Hbond substituents is 1. The number of aromatic amines is 1. The van der Waals surface area contributed by atoms with Crippen molar-refractivity contribution in [2.45, 2.75) is 85.5 Å². The summed E-state index contributed by atoms with van der Waals surface area (Å²) < 4.78 is 33.9. The van der Waals surface area contributed by atoms with E-state index in [0.29, 0.717) is 80.7 Å². The summed E-state index contributed by atoms with van der Waals surface area (Å²) >= 11 is 16.5. The first-order chi connectivity index (χ1) is 56.3. The predicted molar refractivity (Wildman–Crippen MR) is 457 cm³/mol. The van der Waals surface area contributed by atoms with Crippen LogP contribution < -0.4 is 22.5 Å². The first-order valence-electron chi connectivity index (χ1n) is 36.3. The maximum absolute atomic E-state index is 12.7. The number of ether oxygens (including phenoxy) is 2. The maximum atomic E-state index is 12.7. The van der Waals surface area contributed by atoms with Crippen molar-refractivity contribution in [2.24, 2.45) is 10.1 Å².